The molecule has 0 saturated carbocycles. The first-order chi connectivity index (χ1) is 11.8. The minimum absolute atomic E-state index is 0.0428. The van der Waals surface area contributed by atoms with Crippen LogP contribution >= 0.6 is 14.5 Å². The molecule has 152 valence electrons. The van der Waals surface area contributed by atoms with Crippen molar-refractivity contribution in [3.63, 3.8) is 0 Å². The molecule has 0 aromatic carbocycles. The molecular formula is C16H36O6P2S. The van der Waals surface area contributed by atoms with Crippen LogP contribution in [0.3, 0.4) is 0 Å². The number of hydrogen-bond donors (Lipinski definition) is 3. The fourth-order valence-electron chi connectivity index (χ4n) is 2.63. The number of rotatable bonds is 18. The van der Waals surface area contributed by atoms with Crippen molar-refractivity contribution in [1.29, 1.82) is 0 Å². The van der Waals surface area contributed by atoms with Crippen LogP contribution in [0.15, 0.2) is 0 Å². The first kappa shape index (κ1) is 25.7. The van der Waals surface area contributed by atoms with E-state index in [4.69, 9.17) is 9.79 Å². The Morgan fingerprint density at radius 3 is 1.44 bits per heavy atom. The number of phosphoric ester groups is 1. The first-order valence-corrected chi connectivity index (χ1v) is 13.6. The van der Waals surface area contributed by atoms with E-state index in [0.717, 1.165) is 19.3 Å². The molecule has 3 N–H and O–H groups in total. The average Bonchev–Trinajstić information content (AvgIpc) is 2.48. The third-order valence-electron chi connectivity index (χ3n) is 3.96. The topological polar surface area (TPSA) is 96.2 Å². The zero-order valence-electron chi connectivity index (χ0n) is 15.5. The largest absolute Gasteiger partial charge is 0.479 e. The predicted molar refractivity (Wildman–Crippen MR) is 106 cm³/mol. The lowest BCUT2D eigenvalue weighted by Crippen LogP contribution is -1.96. The molecule has 1 atom stereocenters. The third kappa shape index (κ3) is 20.8. The van der Waals surface area contributed by atoms with Crippen molar-refractivity contribution in [2.24, 2.45) is 0 Å². The summed E-state index contributed by atoms with van der Waals surface area (Å²) >= 11 is 4.13. The standard InChI is InChI=1S/C16H36O6P2S/c1-2-3-4-5-6-7-8-9-10-11-12-13-14-15-16-21-23(17,18)22-24(19,20)25/h2-16H2,1H3,(H,17,18)(H2,19,20,25). The molecule has 1 unspecified atom stereocenters. The second kappa shape index (κ2) is 15.7. The van der Waals surface area contributed by atoms with E-state index < -0.39 is 14.5 Å². The zero-order chi connectivity index (χ0) is 19.0. The van der Waals surface area contributed by atoms with Crippen molar-refractivity contribution >= 4 is 26.3 Å². The molecule has 6 nitrogen and oxygen atoms in total. The van der Waals surface area contributed by atoms with E-state index in [1.54, 1.807) is 0 Å². The van der Waals surface area contributed by atoms with Gasteiger partial charge in [-0.2, -0.15) is 0 Å². The van der Waals surface area contributed by atoms with Crippen molar-refractivity contribution in [3.8, 4) is 0 Å². The summed E-state index contributed by atoms with van der Waals surface area (Å²) in [6.45, 7) is -1.90. The van der Waals surface area contributed by atoms with Crippen LogP contribution in [0.4, 0.5) is 0 Å². The Morgan fingerprint density at radius 2 is 1.08 bits per heavy atom. The second-order valence-electron chi connectivity index (χ2n) is 6.47. The van der Waals surface area contributed by atoms with Gasteiger partial charge in [0.25, 0.3) is 0 Å². The van der Waals surface area contributed by atoms with Gasteiger partial charge in [-0.1, -0.05) is 90.4 Å². The van der Waals surface area contributed by atoms with Crippen LogP contribution in [-0.4, -0.2) is 21.3 Å². The monoisotopic (exact) mass is 418 g/mol. The zero-order valence-corrected chi connectivity index (χ0v) is 18.1. The molecule has 0 aliphatic carbocycles. The summed E-state index contributed by atoms with van der Waals surface area (Å²) < 4.78 is 20.0. The highest BCUT2D eigenvalue weighted by atomic mass is 32.5. The SMILES string of the molecule is CCCCCCCCCCCCCCCCOP(=O)(O)OP(O)(O)=S. The maximum absolute atomic E-state index is 11.3. The fraction of sp³-hybridized carbons (Fsp3) is 1.00. The van der Waals surface area contributed by atoms with E-state index in [-0.39, 0.29) is 6.61 Å². The van der Waals surface area contributed by atoms with Crippen LogP contribution in [0, 0.1) is 0 Å². The molecule has 0 saturated heterocycles. The first-order valence-electron chi connectivity index (χ1n) is 9.51. The lowest BCUT2D eigenvalue weighted by atomic mass is 10.0. The predicted octanol–water partition coefficient (Wildman–Crippen LogP) is 5.81. The van der Waals surface area contributed by atoms with Gasteiger partial charge in [0.05, 0.1) is 6.61 Å². The molecule has 0 bridgehead atoms. The van der Waals surface area contributed by atoms with Crippen LogP contribution in [-0.2, 0) is 25.2 Å². The van der Waals surface area contributed by atoms with Gasteiger partial charge in [-0.25, -0.2) is 8.88 Å². The minimum Gasteiger partial charge on any atom is -0.324 e. The van der Waals surface area contributed by atoms with E-state index >= 15 is 0 Å². The summed E-state index contributed by atoms with van der Waals surface area (Å²) in [5, 5.41) is 0. The Balaban J connectivity index is 3.29. The highest BCUT2D eigenvalue weighted by molar-refractivity contribution is 8.08. The van der Waals surface area contributed by atoms with Crippen molar-refractivity contribution < 1.29 is 28.1 Å². The summed E-state index contributed by atoms with van der Waals surface area (Å²) in [5.41, 5.74) is 0. The maximum atomic E-state index is 11.3. The van der Waals surface area contributed by atoms with Crippen molar-refractivity contribution in [3.05, 3.63) is 0 Å². The Bertz CT molecular complexity index is 402. The molecule has 0 amide bonds. The van der Waals surface area contributed by atoms with Gasteiger partial charge in [0.2, 0.25) is 0 Å². The number of unbranched alkanes of at least 4 members (excludes halogenated alkanes) is 13. The van der Waals surface area contributed by atoms with Gasteiger partial charge in [-0.05, 0) is 18.2 Å². The van der Waals surface area contributed by atoms with Crippen molar-refractivity contribution in [1.82, 2.24) is 0 Å². The van der Waals surface area contributed by atoms with Crippen LogP contribution in [0.25, 0.3) is 0 Å². The van der Waals surface area contributed by atoms with Gasteiger partial charge in [-0.15, -0.1) is 0 Å². The molecule has 0 aliphatic heterocycles. The van der Waals surface area contributed by atoms with Crippen LogP contribution in [0.1, 0.15) is 96.8 Å². The third-order valence-corrected chi connectivity index (χ3v) is 6.75. The molecule has 25 heavy (non-hydrogen) atoms. The summed E-state index contributed by atoms with van der Waals surface area (Å²) in [5.74, 6) is 0. The normalized spacial score (nSPS) is 14.6. The molecule has 0 aliphatic rings. The van der Waals surface area contributed by atoms with Crippen LogP contribution < -0.4 is 0 Å². The van der Waals surface area contributed by atoms with Gasteiger partial charge in [-0.3, -0.25) is 4.52 Å². The number of hydrogen-bond acceptors (Lipinski definition) is 4. The summed E-state index contributed by atoms with van der Waals surface area (Å²) in [6.07, 6.45) is 17.1. The van der Waals surface area contributed by atoms with Gasteiger partial charge in [0, 0.05) is 0 Å². The molecule has 9 heteroatoms. The van der Waals surface area contributed by atoms with Crippen molar-refractivity contribution in [2.45, 2.75) is 96.8 Å². The Kier molecular flexibility index (Phi) is 16.1. The smallest absolute Gasteiger partial charge is 0.324 e. The highest BCUT2D eigenvalue weighted by Gasteiger charge is 2.28. The quantitative estimate of drug-likeness (QED) is 0.191. The molecule has 0 heterocycles. The molecule has 0 fully saturated rings. The van der Waals surface area contributed by atoms with E-state index in [2.05, 4.69) is 27.6 Å². The highest BCUT2D eigenvalue weighted by Crippen LogP contribution is 2.57. The number of phosphoric acid groups is 1. The summed E-state index contributed by atoms with van der Waals surface area (Å²) in [4.78, 5) is 26.9. The Hall–Kier alpha value is 0.680. The van der Waals surface area contributed by atoms with Crippen LogP contribution in [0.5, 0.6) is 0 Å². The molecule has 0 aromatic rings. The van der Waals surface area contributed by atoms with Gasteiger partial charge >= 0.3 is 14.5 Å². The lowest BCUT2D eigenvalue weighted by molar-refractivity contribution is 0.190. The Labute approximate surface area is 158 Å². The Morgan fingerprint density at radius 1 is 0.720 bits per heavy atom. The fourth-order valence-corrected chi connectivity index (χ4v) is 5.02. The van der Waals surface area contributed by atoms with E-state index in [1.807, 2.05) is 0 Å². The summed E-state index contributed by atoms with van der Waals surface area (Å²) in [7, 11) is -4.46. The van der Waals surface area contributed by atoms with Crippen molar-refractivity contribution in [2.75, 3.05) is 6.61 Å². The maximum Gasteiger partial charge on any atom is 0.479 e. The summed E-state index contributed by atoms with van der Waals surface area (Å²) in [6, 6.07) is 0. The molecule has 0 rings (SSSR count). The lowest BCUT2D eigenvalue weighted by Gasteiger charge is -2.14. The van der Waals surface area contributed by atoms with Gasteiger partial charge in [0.1, 0.15) is 0 Å². The van der Waals surface area contributed by atoms with E-state index in [9.17, 15) is 9.46 Å². The molecular weight excluding hydrogens is 382 g/mol. The van der Waals surface area contributed by atoms with Gasteiger partial charge < -0.3 is 14.7 Å². The van der Waals surface area contributed by atoms with Gasteiger partial charge in [0.15, 0.2) is 0 Å². The van der Waals surface area contributed by atoms with Crippen LogP contribution in [0.2, 0.25) is 0 Å². The van der Waals surface area contributed by atoms with E-state index in [1.165, 1.54) is 64.2 Å². The molecule has 0 aromatic heterocycles. The average molecular weight is 418 g/mol. The molecule has 0 spiro atoms. The van der Waals surface area contributed by atoms with E-state index in [0.29, 0.717) is 6.42 Å². The second-order valence-corrected chi connectivity index (χ2v) is 10.7. The molecule has 0 radical (unpaired) electrons. The minimum atomic E-state index is -4.46.